The predicted octanol–water partition coefficient (Wildman–Crippen LogP) is 6.92. The molecule has 0 aliphatic rings. The fourth-order valence-electron chi connectivity index (χ4n) is 3.18. The van der Waals surface area contributed by atoms with E-state index in [1.165, 1.54) is 76.3 Å². The third-order valence-corrected chi connectivity index (χ3v) is 4.57. The predicted molar refractivity (Wildman–Crippen MR) is 114 cm³/mol. The Morgan fingerprint density at radius 3 is 1.67 bits per heavy atom. The van der Waals surface area contributed by atoms with Crippen molar-refractivity contribution in [1.29, 1.82) is 0 Å². The number of unbranched alkanes of at least 4 members (excludes halogenated alkanes) is 9. The van der Waals surface area contributed by atoms with E-state index in [1.807, 2.05) is 0 Å². The number of nitrogens with zero attached hydrogens (tertiary/aromatic N) is 1. The summed E-state index contributed by atoms with van der Waals surface area (Å²) in [5.41, 5.74) is 1.46. The van der Waals surface area contributed by atoms with Gasteiger partial charge in [-0.15, -0.1) is 17.0 Å². The molecule has 0 amide bonds. The van der Waals surface area contributed by atoms with Crippen molar-refractivity contribution in [1.82, 2.24) is 6.15 Å². The van der Waals surface area contributed by atoms with Crippen LogP contribution in [0.3, 0.4) is 0 Å². The number of rotatable bonds is 13. The molecule has 2 nitrogen and oxygen atoms in total. The molecule has 24 heavy (non-hydrogen) atoms. The zero-order chi connectivity index (χ0) is 16.1. The molecule has 1 aromatic rings. The minimum atomic E-state index is 0. The van der Waals surface area contributed by atoms with Crippen LogP contribution >= 0.6 is 17.0 Å². The van der Waals surface area contributed by atoms with E-state index in [2.05, 4.69) is 51.4 Å². The van der Waals surface area contributed by atoms with Crippen LogP contribution in [0.1, 0.15) is 76.7 Å². The second-order valence-electron chi connectivity index (χ2n) is 7.49. The normalized spacial score (nSPS) is 10.8. The molecule has 0 spiro atoms. The van der Waals surface area contributed by atoms with Crippen molar-refractivity contribution < 1.29 is 4.48 Å². The molecule has 0 atom stereocenters. The summed E-state index contributed by atoms with van der Waals surface area (Å²) < 4.78 is 1.11. The molecule has 0 aliphatic heterocycles. The smallest absolute Gasteiger partial charge is 0.104 e. The lowest BCUT2D eigenvalue weighted by Gasteiger charge is -2.30. The van der Waals surface area contributed by atoms with Crippen molar-refractivity contribution in [3.63, 3.8) is 0 Å². The minimum absolute atomic E-state index is 0. The van der Waals surface area contributed by atoms with E-state index in [0.717, 1.165) is 11.0 Å². The molecule has 0 saturated heterocycles. The molecule has 3 N–H and O–H groups in total. The van der Waals surface area contributed by atoms with Crippen LogP contribution in [0.2, 0.25) is 0 Å². The Hall–Kier alpha value is -0.380. The molecule has 0 saturated carbocycles. The van der Waals surface area contributed by atoms with E-state index >= 15 is 0 Å². The summed E-state index contributed by atoms with van der Waals surface area (Å²) in [6.45, 7) is 4.74. The first-order chi connectivity index (χ1) is 10.6. The maximum atomic E-state index is 2.36. The fraction of sp³-hybridized carbons (Fsp3) is 0.714. The van der Waals surface area contributed by atoms with E-state index in [9.17, 15) is 0 Å². The lowest BCUT2D eigenvalue weighted by atomic mass is 10.1. The Bertz CT molecular complexity index is 365. The molecule has 0 heterocycles. The van der Waals surface area contributed by atoms with E-state index in [1.54, 1.807) is 0 Å². The summed E-state index contributed by atoms with van der Waals surface area (Å²) in [4.78, 5) is 0. The highest BCUT2D eigenvalue weighted by atomic mass is 79.9. The third-order valence-electron chi connectivity index (χ3n) is 4.57. The molecule has 0 fully saturated rings. The molecule has 142 valence electrons. The van der Waals surface area contributed by atoms with Crippen LogP contribution in [0.4, 0.5) is 0 Å². The van der Waals surface area contributed by atoms with Crippen LogP contribution in [0.15, 0.2) is 30.3 Å². The zero-order valence-corrected chi connectivity index (χ0v) is 18.1. The molecule has 0 aromatic heterocycles. The monoisotopic (exact) mass is 401 g/mol. The van der Waals surface area contributed by atoms with Gasteiger partial charge in [-0.1, -0.05) is 88.6 Å². The van der Waals surface area contributed by atoms with Crippen molar-refractivity contribution >= 4 is 17.0 Å². The van der Waals surface area contributed by atoms with Crippen LogP contribution < -0.4 is 6.15 Å². The molecule has 1 aromatic carbocycles. The van der Waals surface area contributed by atoms with Gasteiger partial charge >= 0.3 is 0 Å². The molecule has 0 radical (unpaired) electrons. The Kier molecular flexibility index (Phi) is 17.4. The van der Waals surface area contributed by atoms with Gasteiger partial charge in [0.05, 0.1) is 20.6 Å². The number of quaternary nitrogens is 1. The summed E-state index contributed by atoms with van der Waals surface area (Å²) in [7, 11) is 4.72. The average molecular weight is 402 g/mol. The standard InChI is InChI=1S/C21H38N.BrH.H3N/c1-4-5-6-7-8-9-10-11-12-16-19-22(2,3)20-21-17-14-13-15-18-21;;/h13-15,17-18H,4-12,16,19-20H2,1-3H3;1H;1H3/q+1;;. The first-order valence-corrected chi connectivity index (χ1v) is 9.50. The van der Waals surface area contributed by atoms with Gasteiger partial charge < -0.3 is 10.6 Å². The maximum absolute atomic E-state index is 2.36. The van der Waals surface area contributed by atoms with Crippen molar-refractivity contribution in [2.45, 2.75) is 77.7 Å². The van der Waals surface area contributed by atoms with Crippen LogP contribution in [0.5, 0.6) is 0 Å². The van der Waals surface area contributed by atoms with Crippen LogP contribution in [-0.4, -0.2) is 25.1 Å². The molecular formula is C21H42BrN2+. The van der Waals surface area contributed by atoms with Crippen molar-refractivity contribution in [3.05, 3.63) is 35.9 Å². The van der Waals surface area contributed by atoms with Crippen LogP contribution in [0, 0.1) is 0 Å². The van der Waals surface area contributed by atoms with Gasteiger partial charge in [-0.2, -0.15) is 0 Å². The van der Waals surface area contributed by atoms with Crippen LogP contribution in [-0.2, 0) is 6.54 Å². The van der Waals surface area contributed by atoms with E-state index < -0.39 is 0 Å². The topological polar surface area (TPSA) is 35.0 Å². The largest absolute Gasteiger partial charge is 0.344 e. The Labute approximate surface area is 162 Å². The molecular weight excluding hydrogens is 360 g/mol. The number of hydrogen-bond donors (Lipinski definition) is 1. The quantitative estimate of drug-likeness (QED) is 0.282. The third kappa shape index (κ3) is 14.0. The summed E-state index contributed by atoms with van der Waals surface area (Å²) in [6.07, 6.45) is 14.2. The molecule has 0 bridgehead atoms. The number of halogens is 1. The Morgan fingerprint density at radius 1 is 0.708 bits per heavy atom. The van der Waals surface area contributed by atoms with E-state index in [0.29, 0.717) is 0 Å². The van der Waals surface area contributed by atoms with Gasteiger partial charge in [0.2, 0.25) is 0 Å². The Morgan fingerprint density at radius 2 is 1.17 bits per heavy atom. The first kappa shape index (κ1) is 25.9. The SMILES string of the molecule is Br.CCCCCCCCCCCC[N+](C)(C)Cc1ccccc1.N. The van der Waals surface area contributed by atoms with Crippen molar-refractivity contribution in [2.24, 2.45) is 0 Å². The summed E-state index contributed by atoms with van der Waals surface area (Å²) in [6, 6.07) is 10.9. The molecule has 0 aliphatic carbocycles. The van der Waals surface area contributed by atoms with Gasteiger partial charge in [0.1, 0.15) is 6.54 Å². The van der Waals surface area contributed by atoms with Gasteiger partial charge in [0.15, 0.2) is 0 Å². The summed E-state index contributed by atoms with van der Waals surface area (Å²) in [5, 5.41) is 0. The van der Waals surface area contributed by atoms with Gasteiger partial charge in [0.25, 0.3) is 0 Å². The maximum Gasteiger partial charge on any atom is 0.104 e. The molecule has 0 unspecified atom stereocenters. The molecule has 3 heteroatoms. The van der Waals surface area contributed by atoms with Crippen LogP contribution in [0.25, 0.3) is 0 Å². The highest BCUT2D eigenvalue weighted by Gasteiger charge is 2.14. The minimum Gasteiger partial charge on any atom is -0.344 e. The van der Waals surface area contributed by atoms with Gasteiger partial charge in [-0.05, 0) is 12.8 Å². The number of hydrogen-bond acceptors (Lipinski definition) is 1. The highest BCUT2D eigenvalue weighted by Crippen LogP contribution is 2.13. The molecule has 1 rings (SSSR count). The van der Waals surface area contributed by atoms with Crippen molar-refractivity contribution in [3.8, 4) is 0 Å². The first-order valence-electron chi connectivity index (χ1n) is 9.50. The second kappa shape index (κ2) is 16.1. The van der Waals surface area contributed by atoms with E-state index in [-0.39, 0.29) is 23.1 Å². The highest BCUT2D eigenvalue weighted by molar-refractivity contribution is 8.93. The second-order valence-corrected chi connectivity index (χ2v) is 7.49. The zero-order valence-electron chi connectivity index (χ0n) is 16.4. The lowest BCUT2D eigenvalue weighted by molar-refractivity contribution is -0.903. The average Bonchev–Trinajstić information content (AvgIpc) is 2.49. The van der Waals surface area contributed by atoms with Gasteiger partial charge in [-0.25, -0.2) is 0 Å². The van der Waals surface area contributed by atoms with Gasteiger partial charge in [-0.3, -0.25) is 0 Å². The Balaban J connectivity index is 0. The lowest BCUT2D eigenvalue weighted by Crippen LogP contribution is -2.39. The van der Waals surface area contributed by atoms with Gasteiger partial charge in [0, 0.05) is 5.56 Å². The number of benzene rings is 1. The summed E-state index contributed by atoms with van der Waals surface area (Å²) >= 11 is 0. The van der Waals surface area contributed by atoms with E-state index in [4.69, 9.17) is 0 Å². The summed E-state index contributed by atoms with van der Waals surface area (Å²) in [5.74, 6) is 0. The van der Waals surface area contributed by atoms with Crippen molar-refractivity contribution in [2.75, 3.05) is 20.6 Å². The fourth-order valence-corrected chi connectivity index (χ4v) is 3.18.